The molecule has 0 aromatic heterocycles. The molecule has 5 heteroatoms. The molecule has 1 saturated carbocycles. The number of carbonyl (C=O) groups is 3. The summed E-state index contributed by atoms with van der Waals surface area (Å²) < 4.78 is 11.4. The van der Waals surface area contributed by atoms with E-state index in [0.717, 1.165) is 30.4 Å². The number of ether oxygens (including phenoxy) is 2. The Hall–Kier alpha value is -3.21. The van der Waals surface area contributed by atoms with E-state index in [-0.39, 0.29) is 29.7 Å². The van der Waals surface area contributed by atoms with Crippen molar-refractivity contribution in [2.75, 3.05) is 0 Å². The molecule has 2 aliphatic rings. The first kappa shape index (κ1) is 24.9. The van der Waals surface area contributed by atoms with Crippen molar-refractivity contribution in [3.8, 4) is 11.1 Å². The lowest BCUT2D eigenvalue weighted by atomic mass is 9.91. The van der Waals surface area contributed by atoms with Gasteiger partial charge in [-0.25, -0.2) is 4.79 Å². The molecule has 35 heavy (non-hydrogen) atoms. The lowest BCUT2D eigenvalue weighted by molar-refractivity contribution is -0.141. The number of hydrogen-bond donors (Lipinski definition) is 0. The molecule has 1 heterocycles. The van der Waals surface area contributed by atoms with Gasteiger partial charge in [-0.1, -0.05) is 81.1 Å². The van der Waals surface area contributed by atoms with Crippen LogP contribution in [-0.4, -0.2) is 29.9 Å². The van der Waals surface area contributed by atoms with E-state index in [2.05, 4.69) is 6.92 Å². The Morgan fingerprint density at radius 3 is 2.43 bits per heavy atom. The van der Waals surface area contributed by atoms with Crippen molar-refractivity contribution in [1.82, 2.24) is 0 Å². The minimum atomic E-state index is -0.423. The predicted molar refractivity (Wildman–Crippen MR) is 135 cm³/mol. The fourth-order valence-electron chi connectivity index (χ4n) is 5.13. The number of allylic oxidation sites excluding steroid dienone is 1. The van der Waals surface area contributed by atoms with Crippen LogP contribution >= 0.6 is 0 Å². The second kappa shape index (κ2) is 12.0. The zero-order valence-corrected chi connectivity index (χ0v) is 20.4. The number of fused-ring (bicyclic) bond motifs is 1. The van der Waals surface area contributed by atoms with E-state index in [0.29, 0.717) is 24.8 Å². The van der Waals surface area contributed by atoms with Crippen LogP contribution in [-0.2, 0) is 19.1 Å². The summed E-state index contributed by atoms with van der Waals surface area (Å²) in [7, 11) is 0. The highest BCUT2D eigenvalue weighted by Crippen LogP contribution is 2.43. The average molecular weight is 475 g/mol. The Kier molecular flexibility index (Phi) is 8.51. The Balaban J connectivity index is 1.38. The van der Waals surface area contributed by atoms with Crippen molar-refractivity contribution in [3.63, 3.8) is 0 Å². The Morgan fingerprint density at radius 1 is 0.971 bits per heavy atom. The molecule has 4 atom stereocenters. The first-order valence-electron chi connectivity index (χ1n) is 12.8. The van der Waals surface area contributed by atoms with Gasteiger partial charge in [0, 0.05) is 24.7 Å². The first-order chi connectivity index (χ1) is 17.0. The van der Waals surface area contributed by atoms with Crippen molar-refractivity contribution in [2.45, 2.75) is 70.5 Å². The standard InChI is InChI=1S/C30H34O5/c1-2-3-4-5-9-12-24(31)17-18-25-26-19-29(32)34-28(26)20-27(25)35-30(33)23-15-13-22(14-16-23)21-10-7-6-8-11-21/h6-8,10-11,13-18,25-28H,2-5,9,12,19-20H2,1H3/t25-,26-,27?,28+/m1/s1. The van der Waals surface area contributed by atoms with Crippen molar-refractivity contribution in [2.24, 2.45) is 11.8 Å². The van der Waals surface area contributed by atoms with Crippen molar-refractivity contribution in [1.29, 1.82) is 0 Å². The molecule has 0 N–H and O–H groups in total. The van der Waals surface area contributed by atoms with Crippen LogP contribution in [0.3, 0.4) is 0 Å². The van der Waals surface area contributed by atoms with Gasteiger partial charge >= 0.3 is 11.9 Å². The highest BCUT2D eigenvalue weighted by atomic mass is 16.6. The van der Waals surface area contributed by atoms with Gasteiger partial charge in [-0.05, 0) is 35.8 Å². The van der Waals surface area contributed by atoms with Crippen LogP contribution in [0.4, 0.5) is 0 Å². The normalized spacial score (nSPS) is 23.3. The number of carbonyl (C=O) groups excluding carboxylic acids is 3. The van der Waals surface area contributed by atoms with E-state index in [1.165, 1.54) is 12.8 Å². The zero-order valence-electron chi connectivity index (χ0n) is 20.4. The molecule has 2 aromatic rings. The molecule has 0 spiro atoms. The fourth-order valence-corrected chi connectivity index (χ4v) is 5.13. The minimum absolute atomic E-state index is 0.0608. The molecule has 2 aromatic carbocycles. The maximum Gasteiger partial charge on any atom is 0.338 e. The van der Waals surface area contributed by atoms with Gasteiger partial charge in [-0.2, -0.15) is 0 Å². The molecular weight excluding hydrogens is 440 g/mol. The van der Waals surface area contributed by atoms with Crippen molar-refractivity contribution < 1.29 is 23.9 Å². The zero-order chi connectivity index (χ0) is 24.6. The molecule has 184 valence electrons. The number of hydrogen-bond acceptors (Lipinski definition) is 5. The molecule has 5 nitrogen and oxygen atoms in total. The Labute approximate surface area is 207 Å². The van der Waals surface area contributed by atoms with Gasteiger partial charge in [0.2, 0.25) is 0 Å². The highest BCUT2D eigenvalue weighted by Gasteiger charge is 2.50. The van der Waals surface area contributed by atoms with Gasteiger partial charge in [-0.15, -0.1) is 0 Å². The molecule has 0 amide bonds. The van der Waals surface area contributed by atoms with Gasteiger partial charge in [0.25, 0.3) is 0 Å². The molecule has 2 fully saturated rings. The maximum absolute atomic E-state index is 12.9. The third-order valence-electron chi connectivity index (χ3n) is 7.07. The highest BCUT2D eigenvalue weighted by molar-refractivity contribution is 5.91. The summed E-state index contributed by atoms with van der Waals surface area (Å²) in [4.78, 5) is 37.2. The van der Waals surface area contributed by atoms with Crippen LogP contribution < -0.4 is 0 Å². The SMILES string of the molecule is CCCCCCCC(=O)C=C[C@H]1C(OC(=O)c2ccc(-c3ccccc3)cc2)C[C@@H]2OC(=O)C[C@@H]21. The topological polar surface area (TPSA) is 69.7 Å². The van der Waals surface area contributed by atoms with Crippen LogP contribution in [0.15, 0.2) is 66.7 Å². The molecule has 1 aliphatic heterocycles. The number of rotatable bonds is 11. The number of unbranched alkanes of at least 4 members (excludes halogenated alkanes) is 4. The van der Waals surface area contributed by atoms with Crippen LogP contribution in [0.1, 0.15) is 68.6 Å². The summed E-state index contributed by atoms with van der Waals surface area (Å²) in [5.74, 6) is -0.808. The second-order valence-corrected chi connectivity index (χ2v) is 9.59. The molecule has 0 bridgehead atoms. The van der Waals surface area contributed by atoms with Crippen LogP contribution in [0.2, 0.25) is 0 Å². The number of benzene rings is 2. The summed E-state index contributed by atoms with van der Waals surface area (Å²) in [6.07, 6.45) is 9.54. The second-order valence-electron chi connectivity index (χ2n) is 9.59. The smallest absolute Gasteiger partial charge is 0.338 e. The molecule has 1 unspecified atom stereocenters. The molecule has 0 radical (unpaired) electrons. The third kappa shape index (κ3) is 6.47. The van der Waals surface area contributed by atoms with Gasteiger partial charge in [0.1, 0.15) is 12.2 Å². The summed E-state index contributed by atoms with van der Waals surface area (Å²) in [5, 5.41) is 0. The fraction of sp³-hybridized carbons (Fsp3) is 0.433. The van der Waals surface area contributed by atoms with E-state index in [1.54, 1.807) is 18.2 Å². The van der Waals surface area contributed by atoms with Gasteiger partial charge in [-0.3, -0.25) is 9.59 Å². The van der Waals surface area contributed by atoms with Crippen LogP contribution in [0.25, 0.3) is 11.1 Å². The summed E-state index contributed by atoms with van der Waals surface area (Å²) in [6, 6.07) is 17.3. The van der Waals surface area contributed by atoms with Gasteiger partial charge in [0.15, 0.2) is 5.78 Å². The first-order valence-corrected chi connectivity index (χ1v) is 12.8. The van der Waals surface area contributed by atoms with Crippen LogP contribution in [0.5, 0.6) is 0 Å². The third-order valence-corrected chi connectivity index (χ3v) is 7.07. The maximum atomic E-state index is 12.9. The minimum Gasteiger partial charge on any atom is -0.462 e. The van der Waals surface area contributed by atoms with Crippen molar-refractivity contribution >= 4 is 17.7 Å². The van der Waals surface area contributed by atoms with E-state index >= 15 is 0 Å². The Morgan fingerprint density at radius 2 is 1.69 bits per heavy atom. The van der Waals surface area contributed by atoms with E-state index in [4.69, 9.17) is 9.47 Å². The molecular formula is C30H34O5. The molecule has 1 saturated heterocycles. The largest absolute Gasteiger partial charge is 0.462 e. The summed E-state index contributed by atoms with van der Waals surface area (Å²) in [6.45, 7) is 2.17. The van der Waals surface area contributed by atoms with Crippen LogP contribution in [0, 0.1) is 11.8 Å². The Bertz CT molecular complexity index is 1040. The van der Waals surface area contributed by atoms with Crippen molar-refractivity contribution in [3.05, 3.63) is 72.3 Å². The number of ketones is 1. The quantitative estimate of drug-likeness (QED) is 0.217. The van der Waals surface area contributed by atoms with E-state index in [9.17, 15) is 14.4 Å². The molecule has 4 rings (SSSR count). The molecule has 1 aliphatic carbocycles. The lowest BCUT2D eigenvalue weighted by Crippen LogP contribution is -2.25. The van der Waals surface area contributed by atoms with E-state index < -0.39 is 12.1 Å². The van der Waals surface area contributed by atoms with Gasteiger partial charge < -0.3 is 9.47 Å². The number of esters is 2. The predicted octanol–water partition coefficient (Wildman–Crippen LogP) is 6.32. The van der Waals surface area contributed by atoms with E-state index in [1.807, 2.05) is 48.5 Å². The summed E-state index contributed by atoms with van der Waals surface area (Å²) >= 11 is 0. The lowest BCUT2D eigenvalue weighted by Gasteiger charge is -2.20. The average Bonchev–Trinajstić information content (AvgIpc) is 3.38. The summed E-state index contributed by atoms with van der Waals surface area (Å²) in [5.41, 5.74) is 2.58. The van der Waals surface area contributed by atoms with Gasteiger partial charge in [0.05, 0.1) is 12.0 Å². The monoisotopic (exact) mass is 474 g/mol.